The van der Waals surface area contributed by atoms with E-state index in [-0.39, 0.29) is 29.9 Å². The van der Waals surface area contributed by atoms with Crippen LogP contribution in [0, 0.1) is 0 Å². The molecule has 1 saturated heterocycles. The average Bonchev–Trinajstić information content (AvgIpc) is 2.63. The van der Waals surface area contributed by atoms with E-state index in [0.29, 0.717) is 6.54 Å². The van der Waals surface area contributed by atoms with Crippen molar-refractivity contribution < 1.29 is 0 Å². The zero-order valence-corrected chi connectivity index (χ0v) is 15.0. The molecular formula is C15H26IN5. The fourth-order valence-corrected chi connectivity index (χ4v) is 2.45. The highest BCUT2D eigenvalue weighted by atomic mass is 127. The van der Waals surface area contributed by atoms with Gasteiger partial charge in [-0.1, -0.05) is 24.3 Å². The number of aliphatic imine (C=N–C) groups is 1. The van der Waals surface area contributed by atoms with Crippen LogP contribution in [-0.2, 0) is 13.1 Å². The van der Waals surface area contributed by atoms with E-state index in [0.717, 1.165) is 25.2 Å². The highest BCUT2D eigenvalue weighted by Crippen LogP contribution is 2.10. The molecule has 1 aromatic rings. The van der Waals surface area contributed by atoms with E-state index in [2.05, 4.69) is 46.1 Å². The van der Waals surface area contributed by atoms with Gasteiger partial charge in [-0.25, -0.2) is 4.99 Å². The van der Waals surface area contributed by atoms with Gasteiger partial charge in [0.2, 0.25) is 0 Å². The van der Waals surface area contributed by atoms with Crippen LogP contribution >= 0.6 is 24.0 Å². The topological polar surface area (TPSA) is 70.9 Å². The number of hydrogen-bond donors (Lipinski definition) is 2. The molecular weight excluding hydrogens is 377 g/mol. The summed E-state index contributed by atoms with van der Waals surface area (Å²) in [6.07, 6.45) is 1.25. The lowest BCUT2D eigenvalue weighted by Gasteiger charge is -2.20. The van der Waals surface area contributed by atoms with Crippen LogP contribution in [-0.4, -0.2) is 49.0 Å². The zero-order valence-electron chi connectivity index (χ0n) is 12.7. The number of rotatable bonds is 4. The second-order valence-electron chi connectivity index (χ2n) is 5.49. The first kappa shape index (κ1) is 18.2. The Kier molecular flexibility index (Phi) is 7.98. The van der Waals surface area contributed by atoms with Crippen molar-refractivity contribution in [2.24, 2.45) is 16.5 Å². The summed E-state index contributed by atoms with van der Waals surface area (Å²) in [6.45, 7) is 6.26. The van der Waals surface area contributed by atoms with Gasteiger partial charge in [0.25, 0.3) is 0 Å². The summed E-state index contributed by atoms with van der Waals surface area (Å²) < 4.78 is 0. The lowest BCUT2D eigenvalue weighted by molar-refractivity contribution is 0.269. The Morgan fingerprint density at radius 3 is 2.38 bits per heavy atom. The maximum atomic E-state index is 5.34. The highest BCUT2D eigenvalue weighted by Gasteiger charge is 2.11. The number of nitrogens with zero attached hydrogens (tertiary/aromatic N) is 3. The van der Waals surface area contributed by atoms with Gasteiger partial charge in [-0.15, -0.1) is 24.0 Å². The van der Waals surface area contributed by atoms with Gasteiger partial charge in [-0.2, -0.15) is 0 Å². The van der Waals surface area contributed by atoms with Gasteiger partial charge in [0, 0.05) is 19.6 Å². The molecule has 1 fully saturated rings. The second kappa shape index (κ2) is 9.22. The van der Waals surface area contributed by atoms with Crippen molar-refractivity contribution in [2.75, 3.05) is 33.2 Å². The standard InChI is InChI=1S/C15H25N5.HI/c1-19-7-2-8-20(10-9-19)12-14-5-3-13(4-6-14)11-18-15(16)17;/h3-6H,2,7-12H2,1H3,(H4,16,17,18);1H. The van der Waals surface area contributed by atoms with E-state index in [1.807, 2.05) is 0 Å². The molecule has 21 heavy (non-hydrogen) atoms. The van der Waals surface area contributed by atoms with E-state index in [9.17, 15) is 0 Å². The SMILES string of the molecule is CN1CCCN(Cc2ccc(CN=C(N)N)cc2)CC1.I. The van der Waals surface area contributed by atoms with Gasteiger partial charge in [-0.3, -0.25) is 4.90 Å². The van der Waals surface area contributed by atoms with E-state index < -0.39 is 0 Å². The summed E-state index contributed by atoms with van der Waals surface area (Å²) in [5, 5.41) is 0. The zero-order chi connectivity index (χ0) is 14.4. The molecule has 5 nitrogen and oxygen atoms in total. The Morgan fingerprint density at radius 2 is 1.71 bits per heavy atom. The van der Waals surface area contributed by atoms with Gasteiger partial charge >= 0.3 is 0 Å². The molecule has 0 aliphatic carbocycles. The first-order valence-corrected chi connectivity index (χ1v) is 7.17. The molecule has 1 aliphatic heterocycles. The molecule has 6 heteroatoms. The van der Waals surface area contributed by atoms with Crippen LogP contribution in [0.15, 0.2) is 29.3 Å². The van der Waals surface area contributed by atoms with Crippen molar-refractivity contribution >= 4 is 29.9 Å². The Bertz CT molecular complexity index is 442. The van der Waals surface area contributed by atoms with Crippen molar-refractivity contribution in [3.63, 3.8) is 0 Å². The minimum atomic E-state index is 0. The van der Waals surface area contributed by atoms with Crippen LogP contribution in [0.3, 0.4) is 0 Å². The van der Waals surface area contributed by atoms with Crippen LogP contribution in [0.25, 0.3) is 0 Å². The van der Waals surface area contributed by atoms with Crippen molar-refractivity contribution in [3.8, 4) is 0 Å². The molecule has 0 bridgehead atoms. The van der Waals surface area contributed by atoms with Crippen molar-refractivity contribution in [1.82, 2.24) is 9.80 Å². The molecule has 1 aromatic carbocycles. The third-order valence-corrected chi connectivity index (χ3v) is 3.69. The maximum absolute atomic E-state index is 5.34. The summed E-state index contributed by atoms with van der Waals surface area (Å²) in [5.41, 5.74) is 13.2. The second-order valence-corrected chi connectivity index (χ2v) is 5.49. The summed E-state index contributed by atoms with van der Waals surface area (Å²) in [5.74, 6) is 0.141. The number of halogens is 1. The lowest BCUT2D eigenvalue weighted by Crippen LogP contribution is -2.28. The monoisotopic (exact) mass is 403 g/mol. The van der Waals surface area contributed by atoms with Crippen LogP contribution < -0.4 is 11.5 Å². The van der Waals surface area contributed by atoms with Gasteiger partial charge in [-0.05, 0) is 37.7 Å². The summed E-state index contributed by atoms with van der Waals surface area (Å²) >= 11 is 0. The van der Waals surface area contributed by atoms with Crippen LogP contribution in [0.2, 0.25) is 0 Å². The van der Waals surface area contributed by atoms with Crippen LogP contribution in [0.4, 0.5) is 0 Å². The van der Waals surface area contributed by atoms with Crippen molar-refractivity contribution in [3.05, 3.63) is 35.4 Å². The van der Waals surface area contributed by atoms with Gasteiger partial charge in [0.1, 0.15) is 0 Å². The summed E-state index contributed by atoms with van der Waals surface area (Å²) in [4.78, 5) is 8.94. The molecule has 0 unspecified atom stereocenters. The molecule has 0 atom stereocenters. The fourth-order valence-electron chi connectivity index (χ4n) is 2.45. The van der Waals surface area contributed by atoms with Crippen molar-refractivity contribution in [2.45, 2.75) is 19.5 Å². The first-order valence-electron chi connectivity index (χ1n) is 7.17. The van der Waals surface area contributed by atoms with Gasteiger partial charge in [0.15, 0.2) is 5.96 Å². The summed E-state index contributed by atoms with van der Waals surface area (Å²) in [7, 11) is 2.20. The predicted octanol–water partition coefficient (Wildman–Crippen LogP) is 1.22. The number of benzene rings is 1. The molecule has 2 rings (SSSR count). The fraction of sp³-hybridized carbons (Fsp3) is 0.533. The quantitative estimate of drug-likeness (QED) is 0.451. The molecule has 0 radical (unpaired) electrons. The highest BCUT2D eigenvalue weighted by molar-refractivity contribution is 14.0. The molecule has 0 spiro atoms. The number of nitrogens with two attached hydrogens (primary N) is 2. The number of guanidine groups is 1. The molecule has 0 saturated carbocycles. The number of hydrogen-bond acceptors (Lipinski definition) is 3. The van der Waals surface area contributed by atoms with E-state index in [1.54, 1.807) is 0 Å². The normalized spacial score (nSPS) is 16.8. The first-order chi connectivity index (χ1) is 9.63. The molecule has 0 aromatic heterocycles. The largest absolute Gasteiger partial charge is 0.370 e. The molecule has 4 N–H and O–H groups in total. The van der Waals surface area contributed by atoms with E-state index in [4.69, 9.17) is 11.5 Å². The van der Waals surface area contributed by atoms with Crippen LogP contribution in [0.5, 0.6) is 0 Å². The van der Waals surface area contributed by atoms with Gasteiger partial charge < -0.3 is 16.4 Å². The average molecular weight is 403 g/mol. The Morgan fingerprint density at radius 1 is 1.05 bits per heavy atom. The molecule has 1 heterocycles. The lowest BCUT2D eigenvalue weighted by atomic mass is 10.1. The van der Waals surface area contributed by atoms with E-state index in [1.165, 1.54) is 25.1 Å². The van der Waals surface area contributed by atoms with Crippen LogP contribution in [0.1, 0.15) is 17.5 Å². The third kappa shape index (κ3) is 6.62. The van der Waals surface area contributed by atoms with Gasteiger partial charge in [0.05, 0.1) is 6.54 Å². The Labute approximate surface area is 144 Å². The molecule has 0 amide bonds. The smallest absolute Gasteiger partial charge is 0.186 e. The third-order valence-electron chi connectivity index (χ3n) is 3.69. The van der Waals surface area contributed by atoms with E-state index >= 15 is 0 Å². The maximum Gasteiger partial charge on any atom is 0.186 e. The number of likely N-dealkylation sites (N-methyl/N-ethyl adjacent to an activating group) is 1. The van der Waals surface area contributed by atoms with Crippen molar-refractivity contribution in [1.29, 1.82) is 0 Å². The Hall–Kier alpha value is -0.860. The summed E-state index contributed by atoms with van der Waals surface area (Å²) in [6, 6.07) is 8.55. The molecule has 118 valence electrons. The predicted molar refractivity (Wildman–Crippen MR) is 98.8 cm³/mol. The minimum absolute atomic E-state index is 0. The molecule has 1 aliphatic rings. The Balaban J connectivity index is 0.00000220. The minimum Gasteiger partial charge on any atom is -0.370 e.